The van der Waals surface area contributed by atoms with E-state index in [1.54, 1.807) is 0 Å². The van der Waals surface area contributed by atoms with Gasteiger partial charge in [0.15, 0.2) is 0 Å². The molecule has 2 aromatic rings. The minimum Gasteiger partial charge on any atom is -0.318 e. The van der Waals surface area contributed by atoms with E-state index in [1.807, 2.05) is 36.1 Å². The van der Waals surface area contributed by atoms with E-state index in [0.717, 1.165) is 18.8 Å². The summed E-state index contributed by atoms with van der Waals surface area (Å²) in [5.41, 5.74) is 2.33. The maximum absolute atomic E-state index is 4.44. The van der Waals surface area contributed by atoms with E-state index in [2.05, 4.69) is 47.6 Å². The molecule has 4 heteroatoms. The largest absolute Gasteiger partial charge is 0.318 e. The molecule has 19 heavy (non-hydrogen) atoms. The summed E-state index contributed by atoms with van der Waals surface area (Å²) in [5.74, 6) is 0. The first-order chi connectivity index (χ1) is 9.22. The zero-order chi connectivity index (χ0) is 13.7. The molecule has 0 fully saturated rings. The minimum absolute atomic E-state index is 0.366. The van der Waals surface area contributed by atoms with Crippen molar-refractivity contribution in [3.8, 4) is 5.69 Å². The lowest BCUT2D eigenvalue weighted by Crippen LogP contribution is -2.29. The molecule has 0 saturated heterocycles. The monoisotopic (exact) mass is 258 g/mol. The highest BCUT2D eigenvalue weighted by atomic mass is 15.3. The van der Waals surface area contributed by atoms with Crippen molar-refractivity contribution >= 4 is 0 Å². The molecule has 0 saturated carbocycles. The molecule has 0 aliphatic heterocycles. The Balaban J connectivity index is 2.08. The fraction of sp³-hybridized carbons (Fsp3) is 0.400. The second-order valence-corrected chi connectivity index (χ2v) is 4.81. The number of nitrogens with one attached hydrogen (secondary N) is 1. The van der Waals surface area contributed by atoms with Crippen LogP contribution in [0.5, 0.6) is 0 Å². The third-order valence-electron chi connectivity index (χ3n) is 3.48. The number of likely N-dealkylation sites (N-methyl/N-ethyl adjacent to an activating group) is 2. The van der Waals surface area contributed by atoms with Crippen molar-refractivity contribution in [1.29, 1.82) is 0 Å². The van der Waals surface area contributed by atoms with Crippen molar-refractivity contribution in [1.82, 2.24) is 20.0 Å². The molecule has 1 atom stereocenters. The van der Waals surface area contributed by atoms with E-state index < -0.39 is 0 Å². The molecule has 0 spiro atoms. The quantitative estimate of drug-likeness (QED) is 0.861. The zero-order valence-corrected chi connectivity index (χ0v) is 11.9. The first-order valence-electron chi connectivity index (χ1n) is 6.67. The Morgan fingerprint density at radius 1 is 1.32 bits per heavy atom. The molecule has 1 heterocycles. The Morgan fingerprint density at radius 2 is 2.05 bits per heavy atom. The number of para-hydroxylation sites is 1. The molecule has 1 N–H and O–H groups in total. The highest BCUT2D eigenvalue weighted by molar-refractivity contribution is 5.31. The number of benzene rings is 1. The van der Waals surface area contributed by atoms with Crippen molar-refractivity contribution in [2.45, 2.75) is 13.0 Å². The Kier molecular flexibility index (Phi) is 4.71. The normalized spacial score (nSPS) is 12.8. The molecule has 2 rings (SSSR count). The Morgan fingerprint density at radius 3 is 2.74 bits per heavy atom. The molecule has 0 bridgehead atoms. The standard InChI is InChI=1S/C15H22N4/c1-13(18(3)10-9-16-2)14-11-17-19(12-14)15-7-5-4-6-8-15/h4-8,11-13,16H,9-10H2,1-3H3. The lowest BCUT2D eigenvalue weighted by atomic mass is 10.1. The van der Waals surface area contributed by atoms with Gasteiger partial charge in [0.25, 0.3) is 0 Å². The first-order valence-corrected chi connectivity index (χ1v) is 6.67. The lowest BCUT2D eigenvalue weighted by molar-refractivity contribution is 0.263. The van der Waals surface area contributed by atoms with Crippen LogP contribution in [0.2, 0.25) is 0 Å². The highest BCUT2D eigenvalue weighted by Crippen LogP contribution is 2.18. The zero-order valence-electron chi connectivity index (χ0n) is 11.9. The van der Waals surface area contributed by atoms with Gasteiger partial charge < -0.3 is 5.32 Å². The van der Waals surface area contributed by atoms with Gasteiger partial charge in [-0.05, 0) is 33.2 Å². The maximum Gasteiger partial charge on any atom is 0.0645 e. The summed E-state index contributed by atoms with van der Waals surface area (Å²) >= 11 is 0. The second kappa shape index (κ2) is 6.50. The average Bonchev–Trinajstić information content (AvgIpc) is 2.94. The van der Waals surface area contributed by atoms with Crippen LogP contribution in [0.3, 0.4) is 0 Å². The van der Waals surface area contributed by atoms with E-state index in [9.17, 15) is 0 Å². The van der Waals surface area contributed by atoms with E-state index in [0.29, 0.717) is 6.04 Å². The summed E-state index contributed by atoms with van der Waals surface area (Å²) in [6.07, 6.45) is 4.06. The molecule has 0 radical (unpaired) electrons. The number of rotatable bonds is 6. The molecular formula is C15H22N4. The molecule has 1 unspecified atom stereocenters. The predicted octanol–water partition coefficient (Wildman–Crippen LogP) is 2.08. The van der Waals surface area contributed by atoms with Gasteiger partial charge in [-0.3, -0.25) is 4.90 Å². The van der Waals surface area contributed by atoms with Crippen LogP contribution in [0.4, 0.5) is 0 Å². The first kappa shape index (κ1) is 13.8. The van der Waals surface area contributed by atoms with Crippen molar-refractivity contribution in [3.63, 3.8) is 0 Å². The smallest absolute Gasteiger partial charge is 0.0645 e. The van der Waals surface area contributed by atoms with Crippen LogP contribution < -0.4 is 5.32 Å². The number of aromatic nitrogens is 2. The van der Waals surface area contributed by atoms with Gasteiger partial charge in [0, 0.05) is 30.9 Å². The Labute approximate surface area is 115 Å². The Hall–Kier alpha value is -1.65. The van der Waals surface area contributed by atoms with E-state index >= 15 is 0 Å². The Bertz CT molecular complexity index is 492. The molecule has 1 aromatic carbocycles. The van der Waals surface area contributed by atoms with Crippen LogP contribution >= 0.6 is 0 Å². The van der Waals surface area contributed by atoms with E-state index in [-0.39, 0.29) is 0 Å². The molecule has 0 aliphatic carbocycles. The fourth-order valence-corrected chi connectivity index (χ4v) is 2.01. The summed E-state index contributed by atoms with van der Waals surface area (Å²) in [6, 6.07) is 10.6. The number of hydrogen-bond acceptors (Lipinski definition) is 3. The molecule has 0 amide bonds. The average molecular weight is 258 g/mol. The lowest BCUT2D eigenvalue weighted by Gasteiger charge is -2.23. The summed E-state index contributed by atoms with van der Waals surface area (Å²) in [6.45, 7) is 4.23. The molecular weight excluding hydrogens is 236 g/mol. The van der Waals surface area contributed by atoms with Crippen LogP contribution in [-0.2, 0) is 0 Å². The van der Waals surface area contributed by atoms with Crippen LogP contribution in [0, 0.1) is 0 Å². The van der Waals surface area contributed by atoms with Gasteiger partial charge in [-0.1, -0.05) is 18.2 Å². The molecule has 102 valence electrons. The van der Waals surface area contributed by atoms with E-state index in [1.165, 1.54) is 5.56 Å². The summed E-state index contributed by atoms with van der Waals surface area (Å²) in [7, 11) is 4.12. The fourth-order valence-electron chi connectivity index (χ4n) is 2.01. The molecule has 1 aromatic heterocycles. The van der Waals surface area contributed by atoms with Gasteiger partial charge in [0.1, 0.15) is 0 Å². The third-order valence-corrected chi connectivity index (χ3v) is 3.48. The van der Waals surface area contributed by atoms with Crippen molar-refractivity contribution in [2.75, 3.05) is 27.2 Å². The van der Waals surface area contributed by atoms with Gasteiger partial charge >= 0.3 is 0 Å². The van der Waals surface area contributed by atoms with Gasteiger partial charge in [0.2, 0.25) is 0 Å². The van der Waals surface area contributed by atoms with Crippen molar-refractivity contribution in [3.05, 3.63) is 48.3 Å². The SMILES string of the molecule is CNCCN(C)C(C)c1cnn(-c2ccccc2)c1. The van der Waals surface area contributed by atoms with Gasteiger partial charge in [-0.15, -0.1) is 0 Å². The predicted molar refractivity (Wildman–Crippen MR) is 78.5 cm³/mol. The second-order valence-electron chi connectivity index (χ2n) is 4.81. The number of hydrogen-bond donors (Lipinski definition) is 1. The number of nitrogens with zero attached hydrogens (tertiary/aromatic N) is 3. The summed E-state index contributed by atoms with van der Waals surface area (Å²) < 4.78 is 1.93. The summed E-state index contributed by atoms with van der Waals surface area (Å²) in [4.78, 5) is 2.32. The van der Waals surface area contributed by atoms with Crippen molar-refractivity contribution < 1.29 is 0 Å². The molecule has 4 nitrogen and oxygen atoms in total. The van der Waals surface area contributed by atoms with Gasteiger partial charge in [0.05, 0.1) is 11.9 Å². The van der Waals surface area contributed by atoms with Gasteiger partial charge in [-0.25, -0.2) is 4.68 Å². The van der Waals surface area contributed by atoms with Crippen molar-refractivity contribution in [2.24, 2.45) is 0 Å². The topological polar surface area (TPSA) is 33.1 Å². The van der Waals surface area contributed by atoms with E-state index in [4.69, 9.17) is 0 Å². The highest BCUT2D eigenvalue weighted by Gasteiger charge is 2.13. The third kappa shape index (κ3) is 3.43. The molecule has 0 aliphatic rings. The van der Waals surface area contributed by atoms with Crippen LogP contribution in [-0.4, -0.2) is 41.9 Å². The van der Waals surface area contributed by atoms with Crippen LogP contribution in [0.1, 0.15) is 18.5 Å². The minimum atomic E-state index is 0.366. The maximum atomic E-state index is 4.44. The van der Waals surface area contributed by atoms with Crippen LogP contribution in [0.25, 0.3) is 5.69 Å². The van der Waals surface area contributed by atoms with Crippen LogP contribution in [0.15, 0.2) is 42.7 Å². The summed E-state index contributed by atoms with van der Waals surface area (Å²) in [5, 5.41) is 7.62. The van der Waals surface area contributed by atoms with Gasteiger partial charge in [-0.2, -0.15) is 5.10 Å².